The maximum Gasteiger partial charge on any atom is 0.240 e. The number of rotatable bonds is 6. The van der Waals surface area contributed by atoms with Gasteiger partial charge in [-0.2, -0.15) is 0 Å². The van der Waals surface area contributed by atoms with Gasteiger partial charge in [-0.1, -0.05) is 18.2 Å². The van der Waals surface area contributed by atoms with Crippen LogP contribution in [0.1, 0.15) is 12.8 Å². The van der Waals surface area contributed by atoms with Crippen LogP contribution in [0.2, 0.25) is 0 Å². The van der Waals surface area contributed by atoms with Gasteiger partial charge in [0.25, 0.3) is 0 Å². The van der Waals surface area contributed by atoms with Gasteiger partial charge in [-0.15, -0.1) is 0 Å². The standard InChI is InChI=1S/C19H24N2O6S3/c1-28(22,23)17-8-9-18(19(14-17)29(2,24)25)21-12-10-15(11-13-21)20-30(26,27)16-6-4-3-5-7-16/h3-9,14-15,20H,10-13H2,1-2H3. The van der Waals surface area contributed by atoms with Crippen LogP contribution in [-0.2, 0) is 29.7 Å². The van der Waals surface area contributed by atoms with Crippen LogP contribution in [0.15, 0.2) is 63.2 Å². The Morgan fingerprint density at radius 1 is 0.800 bits per heavy atom. The van der Waals surface area contributed by atoms with Crippen molar-refractivity contribution < 1.29 is 25.3 Å². The van der Waals surface area contributed by atoms with E-state index in [1.54, 1.807) is 18.2 Å². The normalized spacial score (nSPS) is 16.5. The molecule has 1 fully saturated rings. The maximum absolute atomic E-state index is 12.5. The van der Waals surface area contributed by atoms with Crippen LogP contribution in [-0.4, -0.2) is 56.9 Å². The molecule has 2 aromatic carbocycles. The Morgan fingerprint density at radius 2 is 1.40 bits per heavy atom. The smallest absolute Gasteiger partial charge is 0.240 e. The van der Waals surface area contributed by atoms with E-state index in [1.165, 1.54) is 30.3 Å². The van der Waals surface area contributed by atoms with E-state index in [-0.39, 0.29) is 20.7 Å². The molecule has 0 unspecified atom stereocenters. The van der Waals surface area contributed by atoms with E-state index in [9.17, 15) is 25.3 Å². The van der Waals surface area contributed by atoms with Gasteiger partial charge in [0.2, 0.25) is 10.0 Å². The minimum Gasteiger partial charge on any atom is -0.370 e. The first-order chi connectivity index (χ1) is 13.9. The molecule has 11 heteroatoms. The number of piperidine rings is 1. The molecule has 0 aromatic heterocycles. The molecule has 1 N–H and O–H groups in total. The molecule has 164 valence electrons. The number of hydrogen-bond donors (Lipinski definition) is 1. The molecule has 0 radical (unpaired) electrons. The zero-order valence-corrected chi connectivity index (χ0v) is 19.1. The zero-order chi connectivity index (χ0) is 22.2. The third-order valence-electron chi connectivity index (χ3n) is 4.97. The lowest BCUT2D eigenvalue weighted by atomic mass is 10.1. The molecule has 0 bridgehead atoms. The second-order valence-corrected chi connectivity index (χ2v) is 13.1. The van der Waals surface area contributed by atoms with Crippen LogP contribution >= 0.6 is 0 Å². The van der Waals surface area contributed by atoms with Crippen molar-refractivity contribution in [3.05, 3.63) is 48.5 Å². The van der Waals surface area contributed by atoms with E-state index >= 15 is 0 Å². The monoisotopic (exact) mass is 472 g/mol. The molecule has 30 heavy (non-hydrogen) atoms. The third-order valence-corrected chi connectivity index (χ3v) is 8.74. The molecular weight excluding hydrogens is 448 g/mol. The van der Waals surface area contributed by atoms with Crippen LogP contribution in [0.3, 0.4) is 0 Å². The Morgan fingerprint density at radius 3 is 1.93 bits per heavy atom. The van der Waals surface area contributed by atoms with Crippen molar-refractivity contribution >= 4 is 35.4 Å². The fraction of sp³-hybridized carbons (Fsp3) is 0.368. The van der Waals surface area contributed by atoms with Crippen molar-refractivity contribution in [3.63, 3.8) is 0 Å². The average molecular weight is 473 g/mol. The highest BCUT2D eigenvalue weighted by atomic mass is 32.2. The molecule has 2 aromatic rings. The lowest BCUT2D eigenvalue weighted by Gasteiger charge is -2.34. The van der Waals surface area contributed by atoms with Crippen molar-refractivity contribution in [1.29, 1.82) is 0 Å². The van der Waals surface area contributed by atoms with Gasteiger partial charge in [0, 0.05) is 31.6 Å². The number of hydrogen-bond acceptors (Lipinski definition) is 7. The number of nitrogens with one attached hydrogen (secondary N) is 1. The fourth-order valence-electron chi connectivity index (χ4n) is 3.41. The fourth-order valence-corrected chi connectivity index (χ4v) is 6.37. The molecule has 0 spiro atoms. The number of sulfone groups is 2. The summed E-state index contributed by atoms with van der Waals surface area (Å²) in [6, 6.07) is 11.9. The predicted octanol–water partition coefficient (Wildman–Crippen LogP) is 1.44. The van der Waals surface area contributed by atoms with E-state index in [0.717, 1.165) is 12.5 Å². The summed E-state index contributed by atoms with van der Waals surface area (Å²) in [6.07, 6.45) is 3.04. The van der Waals surface area contributed by atoms with E-state index in [0.29, 0.717) is 31.6 Å². The lowest BCUT2D eigenvalue weighted by molar-refractivity contribution is 0.459. The highest BCUT2D eigenvalue weighted by molar-refractivity contribution is 7.91. The molecular formula is C19H24N2O6S3. The highest BCUT2D eigenvalue weighted by Crippen LogP contribution is 2.30. The molecule has 0 aliphatic carbocycles. The summed E-state index contributed by atoms with van der Waals surface area (Å²) in [5.74, 6) is 0. The van der Waals surface area contributed by atoms with E-state index in [1.807, 2.05) is 4.90 Å². The van der Waals surface area contributed by atoms with Crippen LogP contribution in [0.4, 0.5) is 5.69 Å². The topological polar surface area (TPSA) is 118 Å². The van der Waals surface area contributed by atoms with Crippen LogP contribution in [0, 0.1) is 0 Å². The van der Waals surface area contributed by atoms with Crippen molar-refractivity contribution in [3.8, 4) is 0 Å². The van der Waals surface area contributed by atoms with Crippen LogP contribution in [0.25, 0.3) is 0 Å². The van der Waals surface area contributed by atoms with Crippen molar-refractivity contribution in [2.24, 2.45) is 0 Å². The zero-order valence-electron chi connectivity index (χ0n) is 16.6. The second kappa shape index (κ2) is 8.29. The molecule has 8 nitrogen and oxygen atoms in total. The van der Waals surface area contributed by atoms with Crippen LogP contribution < -0.4 is 9.62 Å². The van der Waals surface area contributed by atoms with E-state index in [2.05, 4.69) is 4.72 Å². The Bertz CT molecular complexity index is 1230. The largest absolute Gasteiger partial charge is 0.370 e. The summed E-state index contributed by atoms with van der Waals surface area (Å²) in [4.78, 5) is 1.93. The van der Waals surface area contributed by atoms with Crippen LogP contribution in [0.5, 0.6) is 0 Å². The minimum atomic E-state index is -3.66. The quantitative estimate of drug-likeness (QED) is 0.676. The summed E-state index contributed by atoms with van der Waals surface area (Å²) in [6.45, 7) is 0.867. The summed E-state index contributed by atoms with van der Waals surface area (Å²) in [5.41, 5.74) is 0.425. The van der Waals surface area contributed by atoms with Crippen molar-refractivity contribution in [1.82, 2.24) is 4.72 Å². The molecule has 1 aliphatic rings. The van der Waals surface area contributed by atoms with Gasteiger partial charge < -0.3 is 4.90 Å². The van der Waals surface area contributed by atoms with Gasteiger partial charge in [-0.3, -0.25) is 0 Å². The molecule has 1 heterocycles. The Balaban J connectivity index is 1.78. The molecule has 0 saturated carbocycles. The molecule has 0 atom stereocenters. The lowest BCUT2D eigenvalue weighted by Crippen LogP contribution is -2.45. The van der Waals surface area contributed by atoms with Gasteiger partial charge in [-0.25, -0.2) is 30.0 Å². The molecule has 0 amide bonds. The van der Waals surface area contributed by atoms with Gasteiger partial charge in [0.15, 0.2) is 19.7 Å². The first-order valence-corrected chi connectivity index (χ1v) is 14.5. The predicted molar refractivity (Wildman–Crippen MR) is 115 cm³/mol. The van der Waals surface area contributed by atoms with Gasteiger partial charge in [0.1, 0.15) is 0 Å². The van der Waals surface area contributed by atoms with E-state index < -0.39 is 29.7 Å². The summed E-state index contributed by atoms with van der Waals surface area (Å²) in [5, 5.41) is 0. The first-order valence-electron chi connectivity index (χ1n) is 9.24. The van der Waals surface area contributed by atoms with Gasteiger partial charge in [-0.05, 0) is 43.2 Å². The average Bonchev–Trinajstić information content (AvgIpc) is 2.67. The number of anilines is 1. The Kier molecular flexibility index (Phi) is 6.28. The highest BCUT2D eigenvalue weighted by Gasteiger charge is 2.27. The summed E-state index contributed by atoms with van der Waals surface area (Å²) < 4.78 is 75.9. The van der Waals surface area contributed by atoms with Gasteiger partial charge >= 0.3 is 0 Å². The second-order valence-electron chi connectivity index (χ2n) is 7.37. The maximum atomic E-state index is 12.5. The molecule has 3 rings (SSSR count). The Labute approximate surface area is 177 Å². The number of benzene rings is 2. The minimum absolute atomic E-state index is 0.0475. The number of nitrogens with zero attached hydrogens (tertiary/aromatic N) is 1. The summed E-state index contributed by atoms with van der Waals surface area (Å²) in [7, 11) is -10.8. The van der Waals surface area contributed by atoms with Crippen molar-refractivity contribution in [2.45, 2.75) is 33.6 Å². The van der Waals surface area contributed by atoms with Crippen molar-refractivity contribution in [2.75, 3.05) is 30.5 Å². The van der Waals surface area contributed by atoms with Gasteiger partial charge in [0.05, 0.1) is 20.4 Å². The Hall–Kier alpha value is -1.95. The molecule has 1 aliphatic heterocycles. The SMILES string of the molecule is CS(=O)(=O)c1ccc(N2CCC(NS(=O)(=O)c3ccccc3)CC2)c(S(C)(=O)=O)c1. The van der Waals surface area contributed by atoms with E-state index in [4.69, 9.17) is 0 Å². The third kappa shape index (κ3) is 5.20. The molecule has 1 saturated heterocycles. The summed E-state index contributed by atoms with van der Waals surface area (Å²) >= 11 is 0. The number of sulfonamides is 1. The first kappa shape index (κ1) is 22.7.